The fourth-order valence-electron chi connectivity index (χ4n) is 3.66. The lowest BCUT2D eigenvalue weighted by atomic mass is 10.3. The predicted octanol–water partition coefficient (Wildman–Crippen LogP) is 3.88. The summed E-state index contributed by atoms with van der Waals surface area (Å²) >= 11 is 0. The van der Waals surface area contributed by atoms with Crippen LogP contribution < -0.4 is 21.6 Å². The van der Waals surface area contributed by atoms with Gasteiger partial charge in [-0.05, 0) is 19.1 Å². The largest absolute Gasteiger partial charge is 0.461 e. The van der Waals surface area contributed by atoms with E-state index in [1.54, 1.807) is 17.7 Å². The van der Waals surface area contributed by atoms with Crippen LogP contribution in [0.3, 0.4) is 0 Å². The van der Waals surface area contributed by atoms with Crippen molar-refractivity contribution in [2.45, 2.75) is 6.92 Å². The van der Waals surface area contributed by atoms with Gasteiger partial charge < -0.3 is 19.6 Å². The quantitative estimate of drug-likeness (QED) is 0.372. The molecule has 3 aromatic carbocycles. The number of anilines is 1. The highest BCUT2D eigenvalue weighted by molar-refractivity contribution is 7.85. The highest BCUT2D eigenvalue weighted by atomic mass is 31.2. The molecule has 2 N–H and O–H groups in total. The maximum Gasteiger partial charge on any atom is 0.357 e. The van der Waals surface area contributed by atoms with E-state index < -0.39 is 13.1 Å². The zero-order valence-electron chi connectivity index (χ0n) is 17.1. The molecule has 0 spiro atoms. The van der Waals surface area contributed by atoms with Gasteiger partial charge in [0, 0.05) is 22.5 Å². The van der Waals surface area contributed by atoms with Gasteiger partial charge in [-0.2, -0.15) is 0 Å². The number of carbonyl (C=O) groups is 1. The summed E-state index contributed by atoms with van der Waals surface area (Å²) in [6.07, 6.45) is 1.71. The zero-order valence-corrected chi connectivity index (χ0v) is 18.0. The van der Waals surface area contributed by atoms with Crippen LogP contribution in [0.2, 0.25) is 0 Å². The third kappa shape index (κ3) is 3.69. The highest BCUT2D eigenvalue weighted by Crippen LogP contribution is 2.45. The molecule has 4 aromatic rings. The number of rotatable bonds is 6. The van der Waals surface area contributed by atoms with E-state index in [0.717, 1.165) is 5.69 Å². The molecule has 1 heterocycles. The van der Waals surface area contributed by atoms with Crippen molar-refractivity contribution in [1.29, 1.82) is 0 Å². The standard InChI is InChI=1S/C25H23N2O3P/c1-2-30-25(28)24-23(26)22(18-27(24)19-12-6-3-7-13-19)31(29,20-14-8-4-9-15-20)21-16-10-5-11-17-21/h3-18H,2,26H2,1H3. The Hall–Kier alpha value is -3.56. The van der Waals surface area contributed by atoms with Gasteiger partial charge in [0.1, 0.15) is 0 Å². The predicted molar refractivity (Wildman–Crippen MR) is 126 cm³/mol. The molecule has 5 nitrogen and oxygen atoms in total. The van der Waals surface area contributed by atoms with Gasteiger partial charge in [0.25, 0.3) is 0 Å². The second kappa shape index (κ2) is 8.66. The Labute approximate surface area is 181 Å². The Morgan fingerprint density at radius 2 is 1.35 bits per heavy atom. The average molecular weight is 430 g/mol. The van der Waals surface area contributed by atoms with Crippen LogP contribution in [-0.4, -0.2) is 17.1 Å². The molecule has 4 rings (SSSR count). The van der Waals surface area contributed by atoms with Crippen molar-refractivity contribution >= 4 is 34.7 Å². The summed E-state index contributed by atoms with van der Waals surface area (Å²) < 4.78 is 21.7. The molecule has 0 aliphatic carbocycles. The van der Waals surface area contributed by atoms with Crippen LogP contribution >= 0.6 is 7.14 Å². The molecule has 0 saturated heterocycles. The summed E-state index contributed by atoms with van der Waals surface area (Å²) in [6, 6.07) is 27.8. The Kier molecular flexibility index (Phi) is 5.79. The SMILES string of the molecule is CCOC(=O)c1c(N)c(P(=O)(c2ccccc2)c2ccccc2)cn1-c1ccccc1. The van der Waals surface area contributed by atoms with Crippen molar-refractivity contribution in [3.63, 3.8) is 0 Å². The van der Waals surface area contributed by atoms with E-state index in [4.69, 9.17) is 10.5 Å². The van der Waals surface area contributed by atoms with Crippen LogP contribution in [0.1, 0.15) is 17.4 Å². The number of para-hydroxylation sites is 1. The summed E-state index contributed by atoms with van der Waals surface area (Å²) in [5.41, 5.74) is 7.61. The molecule has 0 radical (unpaired) electrons. The minimum absolute atomic E-state index is 0.165. The first kappa shape index (κ1) is 20.7. The highest BCUT2D eigenvalue weighted by Gasteiger charge is 2.36. The molecule has 0 atom stereocenters. The minimum Gasteiger partial charge on any atom is -0.461 e. The van der Waals surface area contributed by atoms with Crippen molar-refractivity contribution in [3.8, 4) is 5.69 Å². The van der Waals surface area contributed by atoms with Gasteiger partial charge in [-0.25, -0.2) is 4.79 Å². The van der Waals surface area contributed by atoms with Crippen LogP contribution in [0.15, 0.2) is 97.2 Å². The fraction of sp³-hybridized carbons (Fsp3) is 0.0800. The molecule has 0 saturated carbocycles. The first-order chi connectivity index (χ1) is 15.1. The lowest BCUT2D eigenvalue weighted by molar-refractivity contribution is 0.0518. The summed E-state index contributed by atoms with van der Waals surface area (Å²) in [5, 5.41) is 1.71. The van der Waals surface area contributed by atoms with Crippen molar-refractivity contribution in [2.75, 3.05) is 12.3 Å². The number of carbonyl (C=O) groups excluding carboxylic acids is 1. The average Bonchev–Trinajstić information content (AvgIpc) is 3.18. The van der Waals surface area contributed by atoms with Crippen molar-refractivity contribution in [2.24, 2.45) is 0 Å². The summed E-state index contributed by atoms with van der Waals surface area (Å²) in [5.74, 6) is -0.553. The molecule has 31 heavy (non-hydrogen) atoms. The van der Waals surface area contributed by atoms with Crippen LogP contribution in [0.5, 0.6) is 0 Å². The van der Waals surface area contributed by atoms with Crippen LogP contribution in [-0.2, 0) is 9.30 Å². The molecular formula is C25H23N2O3P. The molecule has 0 aliphatic heterocycles. The van der Waals surface area contributed by atoms with Crippen molar-refractivity contribution < 1.29 is 14.1 Å². The van der Waals surface area contributed by atoms with E-state index >= 15 is 0 Å². The smallest absolute Gasteiger partial charge is 0.357 e. The molecule has 156 valence electrons. The number of hydrogen-bond acceptors (Lipinski definition) is 4. The second-order valence-electron chi connectivity index (χ2n) is 6.98. The van der Waals surface area contributed by atoms with Crippen molar-refractivity contribution in [3.05, 3.63) is 103 Å². The topological polar surface area (TPSA) is 74.3 Å². The Bertz CT molecular complexity index is 1190. The molecule has 6 heteroatoms. The summed E-state index contributed by atoms with van der Waals surface area (Å²) in [6.45, 7) is 1.95. The molecular weight excluding hydrogens is 407 g/mol. The van der Waals surface area contributed by atoms with Crippen molar-refractivity contribution in [1.82, 2.24) is 4.57 Å². The first-order valence-corrected chi connectivity index (χ1v) is 11.7. The third-order valence-electron chi connectivity index (χ3n) is 5.11. The normalized spacial score (nSPS) is 11.3. The van der Waals surface area contributed by atoms with Gasteiger partial charge >= 0.3 is 5.97 Å². The van der Waals surface area contributed by atoms with Gasteiger partial charge in [0.15, 0.2) is 12.8 Å². The van der Waals surface area contributed by atoms with Gasteiger partial charge in [-0.1, -0.05) is 78.9 Å². The Morgan fingerprint density at radius 3 is 1.84 bits per heavy atom. The number of benzene rings is 3. The van der Waals surface area contributed by atoms with E-state index in [0.29, 0.717) is 15.9 Å². The summed E-state index contributed by atoms with van der Waals surface area (Å²) in [4.78, 5) is 12.9. The van der Waals surface area contributed by atoms with Gasteiger partial charge in [-0.15, -0.1) is 0 Å². The number of hydrogen-bond donors (Lipinski definition) is 1. The van der Waals surface area contributed by atoms with E-state index in [-0.39, 0.29) is 18.0 Å². The fourth-order valence-corrected chi connectivity index (χ4v) is 6.42. The number of aromatic nitrogens is 1. The maximum absolute atomic E-state index is 14.8. The molecule has 0 unspecified atom stereocenters. The van der Waals surface area contributed by atoms with E-state index in [2.05, 4.69) is 0 Å². The number of nitrogens with two attached hydrogens (primary N) is 1. The first-order valence-electron chi connectivity index (χ1n) is 10.0. The third-order valence-corrected chi connectivity index (χ3v) is 8.19. The lowest BCUT2D eigenvalue weighted by Crippen LogP contribution is -2.26. The molecule has 0 amide bonds. The maximum atomic E-state index is 14.8. The van der Waals surface area contributed by atoms with Crippen LogP contribution in [0.25, 0.3) is 5.69 Å². The molecule has 0 aliphatic rings. The van der Waals surface area contributed by atoms with E-state index in [1.807, 2.05) is 91.0 Å². The van der Waals surface area contributed by atoms with E-state index in [9.17, 15) is 9.36 Å². The van der Waals surface area contributed by atoms with Gasteiger partial charge in [-0.3, -0.25) is 0 Å². The van der Waals surface area contributed by atoms with E-state index in [1.165, 1.54) is 0 Å². The van der Waals surface area contributed by atoms with Gasteiger partial charge in [0.2, 0.25) is 0 Å². The summed E-state index contributed by atoms with van der Waals surface area (Å²) in [7, 11) is -3.35. The lowest BCUT2D eigenvalue weighted by Gasteiger charge is -2.19. The van der Waals surface area contributed by atoms with Gasteiger partial charge in [0.05, 0.1) is 17.6 Å². The second-order valence-corrected chi connectivity index (χ2v) is 9.72. The number of nitrogen functional groups attached to an aromatic ring is 1. The molecule has 1 aromatic heterocycles. The Balaban J connectivity index is 2.03. The monoisotopic (exact) mass is 430 g/mol. The zero-order chi connectivity index (χ0) is 21.8. The number of nitrogens with zero attached hydrogens (tertiary/aromatic N) is 1. The minimum atomic E-state index is -3.35. The van der Waals surface area contributed by atoms with Crippen LogP contribution in [0, 0.1) is 0 Å². The van der Waals surface area contributed by atoms with Crippen LogP contribution in [0.4, 0.5) is 5.69 Å². The molecule has 0 fully saturated rings. The number of ether oxygens (including phenoxy) is 1. The number of esters is 1. The molecule has 0 bridgehead atoms. The Morgan fingerprint density at radius 1 is 0.871 bits per heavy atom.